The Balaban J connectivity index is 2.24. The fourth-order valence-electron chi connectivity index (χ4n) is 2.51. The zero-order valence-electron chi connectivity index (χ0n) is 13.8. The van der Waals surface area contributed by atoms with E-state index in [-0.39, 0.29) is 6.61 Å². The molecule has 0 aliphatic heterocycles. The van der Waals surface area contributed by atoms with Crippen LogP contribution in [0.15, 0.2) is 60.7 Å². The van der Waals surface area contributed by atoms with Crippen LogP contribution in [0.5, 0.6) is 0 Å². The quantitative estimate of drug-likeness (QED) is 0.655. The third-order valence-corrected chi connectivity index (χ3v) is 3.70. The van der Waals surface area contributed by atoms with Gasteiger partial charge in [-0.2, -0.15) is 0 Å². The predicted molar refractivity (Wildman–Crippen MR) is 94.5 cm³/mol. The molecule has 0 unspecified atom stereocenters. The van der Waals surface area contributed by atoms with Gasteiger partial charge in [-0.1, -0.05) is 50.2 Å². The summed E-state index contributed by atoms with van der Waals surface area (Å²) in [6.07, 6.45) is 0.0188. The molecule has 0 radical (unpaired) electrons. The molecule has 0 aliphatic rings. The molecule has 4 nitrogen and oxygen atoms in total. The second-order valence-electron chi connectivity index (χ2n) is 6.12. The molecule has 23 heavy (non-hydrogen) atoms. The van der Waals surface area contributed by atoms with E-state index in [0.29, 0.717) is 12.3 Å². The molecule has 0 bridgehead atoms. The molecule has 4 heteroatoms. The number of aliphatic hydroxyl groups excluding tert-OH is 2. The van der Waals surface area contributed by atoms with Gasteiger partial charge in [0.25, 0.3) is 0 Å². The Morgan fingerprint density at radius 1 is 0.913 bits per heavy atom. The minimum atomic E-state index is -0.616. The average molecular weight is 314 g/mol. The molecule has 0 spiro atoms. The minimum Gasteiger partial charge on any atom is -0.395 e. The van der Waals surface area contributed by atoms with Gasteiger partial charge in [-0.3, -0.25) is 5.01 Å². The van der Waals surface area contributed by atoms with E-state index in [2.05, 4.69) is 19.3 Å². The molecule has 2 rings (SSSR count). The molecule has 3 N–H and O–H groups in total. The lowest BCUT2D eigenvalue weighted by atomic mass is 10.0. The molecule has 0 aromatic heterocycles. The molecule has 0 saturated carbocycles. The van der Waals surface area contributed by atoms with Gasteiger partial charge in [-0.15, -0.1) is 0 Å². The van der Waals surface area contributed by atoms with Gasteiger partial charge in [-0.25, -0.2) is 5.43 Å². The maximum atomic E-state index is 10.4. The largest absolute Gasteiger partial charge is 0.395 e. The van der Waals surface area contributed by atoms with Crippen molar-refractivity contribution in [3.05, 3.63) is 60.7 Å². The fraction of sp³-hybridized carbons (Fsp3) is 0.368. The Morgan fingerprint density at radius 3 is 1.78 bits per heavy atom. The lowest BCUT2D eigenvalue weighted by Crippen LogP contribution is -2.50. The van der Waals surface area contributed by atoms with Crippen LogP contribution in [-0.4, -0.2) is 29.0 Å². The first-order valence-electron chi connectivity index (χ1n) is 8.07. The molecule has 0 heterocycles. The molecule has 0 fully saturated rings. The predicted octanol–water partition coefficient (Wildman–Crippen LogP) is 3.10. The Kier molecular flexibility index (Phi) is 6.59. The van der Waals surface area contributed by atoms with Gasteiger partial charge < -0.3 is 10.2 Å². The second-order valence-corrected chi connectivity index (χ2v) is 6.12. The Bertz CT molecular complexity index is 521. The third-order valence-electron chi connectivity index (χ3n) is 3.70. The molecule has 124 valence electrons. The van der Waals surface area contributed by atoms with Gasteiger partial charge in [0, 0.05) is 0 Å². The van der Waals surface area contributed by atoms with Gasteiger partial charge in [-0.05, 0) is 36.6 Å². The fourth-order valence-corrected chi connectivity index (χ4v) is 2.51. The van der Waals surface area contributed by atoms with Gasteiger partial charge in [0.2, 0.25) is 0 Å². The van der Waals surface area contributed by atoms with Crippen molar-refractivity contribution in [3.8, 4) is 0 Å². The third kappa shape index (κ3) is 5.06. The van der Waals surface area contributed by atoms with Gasteiger partial charge in [0.15, 0.2) is 0 Å². The van der Waals surface area contributed by atoms with Crippen LogP contribution in [-0.2, 0) is 0 Å². The summed E-state index contributed by atoms with van der Waals surface area (Å²) >= 11 is 0. The topological polar surface area (TPSA) is 55.7 Å². The molecular formula is C19H26N2O2. The summed E-state index contributed by atoms with van der Waals surface area (Å²) in [5.41, 5.74) is 5.18. The number of nitrogens with zero attached hydrogens (tertiary/aromatic N) is 1. The van der Waals surface area contributed by atoms with Crippen molar-refractivity contribution in [1.29, 1.82) is 0 Å². The second kappa shape index (κ2) is 8.67. The summed E-state index contributed by atoms with van der Waals surface area (Å²) < 4.78 is 0. The zero-order chi connectivity index (χ0) is 16.7. The number of hydrazine groups is 1. The summed E-state index contributed by atoms with van der Waals surface area (Å²) in [6, 6.07) is 19.3. The van der Waals surface area contributed by atoms with Crippen molar-refractivity contribution in [1.82, 2.24) is 5.43 Å². The molecule has 2 atom stereocenters. The molecule has 2 aromatic rings. The van der Waals surface area contributed by atoms with Crippen LogP contribution in [0, 0.1) is 5.92 Å². The van der Waals surface area contributed by atoms with E-state index >= 15 is 0 Å². The highest BCUT2D eigenvalue weighted by molar-refractivity contribution is 5.61. The van der Waals surface area contributed by atoms with E-state index in [9.17, 15) is 10.2 Å². The monoisotopic (exact) mass is 314 g/mol. The van der Waals surface area contributed by atoms with E-state index < -0.39 is 12.1 Å². The number of hydrogen-bond acceptors (Lipinski definition) is 4. The SMILES string of the molecule is CC(C)C[C@H](O)[C@@H](CO)NN(c1ccccc1)c1ccccc1. The van der Waals surface area contributed by atoms with Crippen LogP contribution in [0.2, 0.25) is 0 Å². The summed E-state index contributed by atoms with van der Waals surface area (Å²) in [7, 11) is 0. The van der Waals surface area contributed by atoms with E-state index in [0.717, 1.165) is 11.4 Å². The van der Waals surface area contributed by atoms with E-state index in [1.54, 1.807) is 0 Å². The van der Waals surface area contributed by atoms with Crippen LogP contribution in [0.3, 0.4) is 0 Å². The maximum Gasteiger partial charge on any atom is 0.0757 e. The minimum absolute atomic E-state index is 0.135. The lowest BCUT2D eigenvalue weighted by molar-refractivity contribution is 0.0740. The van der Waals surface area contributed by atoms with Crippen LogP contribution in [0.1, 0.15) is 20.3 Å². The summed E-state index contributed by atoms with van der Waals surface area (Å²) in [6.45, 7) is 3.98. The lowest BCUT2D eigenvalue weighted by Gasteiger charge is -2.32. The standard InChI is InChI=1S/C19H26N2O2/c1-15(2)13-19(23)18(14-22)20-21(16-9-5-3-6-10-16)17-11-7-4-8-12-17/h3-12,15,18-20,22-23H,13-14H2,1-2H3/t18-,19+/m1/s1. The van der Waals surface area contributed by atoms with E-state index in [1.807, 2.05) is 65.7 Å². The summed E-state index contributed by atoms with van der Waals surface area (Å²) in [5, 5.41) is 22.0. The first kappa shape index (κ1) is 17.5. The van der Waals surface area contributed by atoms with Gasteiger partial charge in [0.1, 0.15) is 0 Å². The average Bonchev–Trinajstić information content (AvgIpc) is 2.56. The zero-order valence-corrected chi connectivity index (χ0v) is 13.8. The van der Waals surface area contributed by atoms with E-state index in [4.69, 9.17) is 0 Å². The van der Waals surface area contributed by atoms with Gasteiger partial charge in [0.05, 0.1) is 30.1 Å². The number of para-hydroxylation sites is 2. The van der Waals surface area contributed by atoms with Crippen molar-refractivity contribution < 1.29 is 10.2 Å². The number of aliphatic hydroxyl groups is 2. The first-order valence-corrected chi connectivity index (χ1v) is 8.07. The van der Waals surface area contributed by atoms with Crippen molar-refractivity contribution in [2.24, 2.45) is 5.92 Å². The summed E-state index contributed by atoms with van der Waals surface area (Å²) in [4.78, 5) is 0. The Morgan fingerprint density at radius 2 is 1.39 bits per heavy atom. The summed E-state index contributed by atoms with van der Waals surface area (Å²) in [5.74, 6) is 0.364. The highest BCUT2D eigenvalue weighted by Crippen LogP contribution is 2.23. The maximum absolute atomic E-state index is 10.4. The molecule has 2 aromatic carbocycles. The Labute approximate surface area is 138 Å². The van der Waals surface area contributed by atoms with Gasteiger partial charge >= 0.3 is 0 Å². The highest BCUT2D eigenvalue weighted by atomic mass is 16.3. The molecule has 0 saturated heterocycles. The number of anilines is 2. The normalized spacial score (nSPS) is 13.8. The number of hydrogen-bond donors (Lipinski definition) is 3. The highest BCUT2D eigenvalue weighted by Gasteiger charge is 2.22. The number of nitrogens with one attached hydrogen (secondary N) is 1. The van der Waals surface area contributed by atoms with Crippen LogP contribution >= 0.6 is 0 Å². The molecule has 0 amide bonds. The van der Waals surface area contributed by atoms with Crippen LogP contribution in [0.4, 0.5) is 11.4 Å². The van der Waals surface area contributed by atoms with Crippen molar-refractivity contribution in [3.63, 3.8) is 0 Å². The van der Waals surface area contributed by atoms with Crippen molar-refractivity contribution in [2.45, 2.75) is 32.4 Å². The number of rotatable bonds is 8. The molecular weight excluding hydrogens is 288 g/mol. The first-order chi connectivity index (χ1) is 11.1. The van der Waals surface area contributed by atoms with Crippen LogP contribution in [0.25, 0.3) is 0 Å². The van der Waals surface area contributed by atoms with Crippen molar-refractivity contribution >= 4 is 11.4 Å². The number of benzene rings is 2. The smallest absolute Gasteiger partial charge is 0.0757 e. The Hall–Kier alpha value is -1.88. The van der Waals surface area contributed by atoms with Crippen molar-refractivity contribution in [2.75, 3.05) is 11.6 Å². The van der Waals surface area contributed by atoms with Crippen LogP contribution < -0.4 is 10.4 Å². The molecule has 0 aliphatic carbocycles. The van der Waals surface area contributed by atoms with E-state index in [1.165, 1.54) is 0 Å².